The van der Waals surface area contributed by atoms with Gasteiger partial charge in [0.15, 0.2) is 0 Å². The molecule has 2 N–H and O–H groups in total. The van der Waals surface area contributed by atoms with Crippen LogP contribution in [0, 0.1) is 5.92 Å². The van der Waals surface area contributed by atoms with Crippen molar-refractivity contribution in [3.63, 3.8) is 0 Å². The van der Waals surface area contributed by atoms with Gasteiger partial charge in [-0.25, -0.2) is 0 Å². The molecule has 1 aromatic rings. The van der Waals surface area contributed by atoms with E-state index in [9.17, 15) is 0 Å². The topological polar surface area (TPSA) is 38.5 Å². The highest BCUT2D eigenvalue weighted by Crippen LogP contribution is 2.24. The molecule has 0 aromatic heterocycles. The Bertz CT molecular complexity index is 366. The molecule has 3 heteroatoms. The van der Waals surface area contributed by atoms with E-state index in [4.69, 9.17) is 10.5 Å². The Balaban J connectivity index is 2.59. The Morgan fingerprint density at radius 2 is 1.95 bits per heavy atom. The Hall–Kier alpha value is -1.06. The van der Waals surface area contributed by atoms with Crippen LogP contribution in [0.1, 0.15) is 38.8 Å². The molecule has 0 aliphatic rings. The van der Waals surface area contributed by atoms with E-state index in [-0.39, 0.29) is 6.04 Å². The van der Waals surface area contributed by atoms with Gasteiger partial charge in [0.25, 0.3) is 0 Å². The predicted octanol–water partition coefficient (Wildman–Crippen LogP) is 3.06. The molecular formula is C16H28N2O. The molecule has 0 bridgehead atoms. The Morgan fingerprint density at radius 3 is 2.58 bits per heavy atom. The number of hydrogen-bond donors (Lipinski definition) is 1. The fourth-order valence-electron chi connectivity index (χ4n) is 2.08. The molecule has 0 radical (unpaired) electrons. The van der Waals surface area contributed by atoms with Gasteiger partial charge < -0.3 is 15.4 Å². The van der Waals surface area contributed by atoms with Crippen LogP contribution in [0.25, 0.3) is 0 Å². The van der Waals surface area contributed by atoms with E-state index in [1.165, 1.54) is 6.42 Å². The van der Waals surface area contributed by atoms with E-state index in [1.807, 2.05) is 25.1 Å². The Morgan fingerprint density at radius 1 is 1.26 bits per heavy atom. The third-order valence-corrected chi connectivity index (χ3v) is 3.21. The molecule has 1 rings (SSSR count). The Labute approximate surface area is 117 Å². The van der Waals surface area contributed by atoms with Gasteiger partial charge in [-0.05, 0) is 38.9 Å². The normalized spacial score (nSPS) is 13.0. The summed E-state index contributed by atoms with van der Waals surface area (Å²) in [6, 6.07) is 8.06. The monoisotopic (exact) mass is 264 g/mol. The SMILES string of the molecule is CCOc1ccccc1C(N)CN(C)CCC(C)C. The number of rotatable bonds is 8. The van der Waals surface area contributed by atoms with Crippen molar-refractivity contribution in [1.82, 2.24) is 4.90 Å². The van der Waals surface area contributed by atoms with Crippen LogP contribution in [0.4, 0.5) is 0 Å². The van der Waals surface area contributed by atoms with Crippen LogP contribution in [0.3, 0.4) is 0 Å². The van der Waals surface area contributed by atoms with Crippen molar-refractivity contribution in [2.45, 2.75) is 33.2 Å². The summed E-state index contributed by atoms with van der Waals surface area (Å²) in [7, 11) is 2.13. The van der Waals surface area contributed by atoms with Crippen molar-refractivity contribution in [2.24, 2.45) is 11.7 Å². The number of nitrogens with two attached hydrogens (primary N) is 1. The lowest BCUT2D eigenvalue weighted by molar-refractivity contribution is 0.286. The van der Waals surface area contributed by atoms with Gasteiger partial charge in [0, 0.05) is 18.2 Å². The van der Waals surface area contributed by atoms with Gasteiger partial charge in [-0.15, -0.1) is 0 Å². The van der Waals surface area contributed by atoms with Crippen LogP contribution in [0.5, 0.6) is 5.75 Å². The van der Waals surface area contributed by atoms with Gasteiger partial charge >= 0.3 is 0 Å². The van der Waals surface area contributed by atoms with Crippen LogP contribution < -0.4 is 10.5 Å². The molecule has 0 saturated carbocycles. The van der Waals surface area contributed by atoms with Gasteiger partial charge in [-0.1, -0.05) is 32.0 Å². The number of hydrogen-bond acceptors (Lipinski definition) is 3. The minimum Gasteiger partial charge on any atom is -0.494 e. The second-order valence-electron chi connectivity index (χ2n) is 5.52. The second-order valence-corrected chi connectivity index (χ2v) is 5.52. The van der Waals surface area contributed by atoms with Crippen LogP contribution in [0.2, 0.25) is 0 Å². The van der Waals surface area contributed by atoms with Crippen molar-refractivity contribution in [3.8, 4) is 5.75 Å². The van der Waals surface area contributed by atoms with Crippen LogP contribution >= 0.6 is 0 Å². The number of ether oxygens (including phenoxy) is 1. The summed E-state index contributed by atoms with van der Waals surface area (Å²) >= 11 is 0. The van der Waals surface area contributed by atoms with Gasteiger partial charge in [0.1, 0.15) is 5.75 Å². The fraction of sp³-hybridized carbons (Fsp3) is 0.625. The Kier molecular flexibility index (Phi) is 6.89. The lowest BCUT2D eigenvalue weighted by Gasteiger charge is -2.23. The van der Waals surface area contributed by atoms with Crippen molar-refractivity contribution >= 4 is 0 Å². The van der Waals surface area contributed by atoms with Crippen molar-refractivity contribution in [3.05, 3.63) is 29.8 Å². The third-order valence-electron chi connectivity index (χ3n) is 3.21. The van der Waals surface area contributed by atoms with Gasteiger partial charge in [-0.2, -0.15) is 0 Å². The van der Waals surface area contributed by atoms with E-state index < -0.39 is 0 Å². The fourth-order valence-corrected chi connectivity index (χ4v) is 2.08. The first-order valence-corrected chi connectivity index (χ1v) is 7.20. The van der Waals surface area contributed by atoms with Gasteiger partial charge in [-0.3, -0.25) is 0 Å². The van der Waals surface area contributed by atoms with E-state index in [0.29, 0.717) is 6.61 Å². The molecule has 0 fully saturated rings. The van der Waals surface area contributed by atoms with E-state index in [2.05, 4.69) is 31.9 Å². The van der Waals surface area contributed by atoms with Crippen molar-refractivity contribution in [1.29, 1.82) is 0 Å². The molecule has 0 saturated heterocycles. The summed E-state index contributed by atoms with van der Waals surface area (Å²) in [4.78, 5) is 2.30. The highest BCUT2D eigenvalue weighted by molar-refractivity contribution is 5.35. The summed E-state index contributed by atoms with van der Waals surface area (Å²) in [6.45, 7) is 9.11. The smallest absolute Gasteiger partial charge is 0.124 e. The minimum absolute atomic E-state index is 0.0000813. The molecule has 19 heavy (non-hydrogen) atoms. The number of benzene rings is 1. The molecule has 0 heterocycles. The molecule has 1 atom stereocenters. The highest BCUT2D eigenvalue weighted by atomic mass is 16.5. The maximum atomic E-state index is 6.31. The third kappa shape index (κ3) is 5.62. The standard InChI is InChI=1S/C16H28N2O/c1-5-19-16-9-7-6-8-14(16)15(17)12-18(4)11-10-13(2)3/h6-9,13,15H,5,10-12,17H2,1-4H3. The van der Waals surface area contributed by atoms with E-state index >= 15 is 0 Å². The molecule has 1 unspecified atom stereocenters. The van der Waals surface area contributed by atoms with Crippen molar-refractivity contribution in [2.75, 3.05) is 26.7 Å². The van der Waals surface area contributed by atoms with E-state index in [0.717, 1.165) is 30.3 Å². The summed E-state index contributed by atoms with van der Waals surface area (Å²) in [5, 5.41) is 0. The predicted molar refractivity (Wildman–Crippen MR) is 81.5 cm³/mol. The molecular weight excluding hydrogens is 236 g/mol. The summed E-state index contributed by atoms with van der Waals surface area (Å²) in [5.74, 6) is 1.64. The quantitative estimate of drug-likeness (QED) is 0.784. The van der Waals surface area contributed by atoms with Crippen LogP contribution in [-0.4, -0.2) is 31.6 Å². The molecule has 108 valence electrons. The zero-order valence-electron chi connectivity index (χ0n) is 12.7. The second kappa shape index (κ2) is 8.18. The molecule has 0 aliphatic carbocycles. The molecule has 0 amide bonds. The number of likely N-dealkylation sites (N-methyl/N-ethyl adjacent to an activating group) is 1. The number of nitrogens with zero attached hydrogens (tertiary/aromatic N) is 1. The maximum absolute atomic E-state index is 6.31. The first kappa shape index (κ1) is 16.0. The average molecular weight is 264 g/mol. The molecule has 0 spiro atoms. The highest BCUT2D eigenvalue weighted by Gasteiger charge is 2.13. The average Bonchev–Trinajstić information content (AvgIpc) is 2.37. The van der Waals surface area contributed by atoms with Crippen LogP contribution in [0.15, 0.2) is 24.3 Å². The van der Waals surface area contributed by atoms with Gasteiger partial charge in [0.2, 0.25) is 0 Å². The van der Waals surface area contributed by atoms with Crippen molar-refractivity contribution < 1.29 is 4.74 Å². The molecule has 1 aromatic carbocycles. The lowest BCUT2D eigenvalue weighted by Crippen LogP contribution is -2.30. The van der Waals surface area contributed by atoms with Crippen LogP contribution in [-0.2, 0) is 0 Å². The lowest BCUT2D eigenvalue weighted by atomic mass is 10.1. The summed E-state index contributed by atoms with van der Waals surface area (Å²) in [5.41, 5.74) is 7.41. The number of para-hydroxylation sites is 1. The first-order chi connectivity index (χ1) is 9.04. The molecule has 3 nitrogen and oxygen atoms in total. The largest absolute Gasteiger partial charge is 0.494 e. The minimum atomic E-state index is -0.0000813. The summed E-state index contributed by atoms with van der Waals surface area (Å²) < 4.78 is 5.64. The zero-order valence-corrected chi connectivity index (χ0v) is 12.7. The zero-order chi connectivity index (χ0) is 14.3. The maximum Gasteiger partial charge on any atom is 0.124 e. The first-order valence-electron chi connectivity index (χ1n) is 7.20. The molecule has 0 aliphatic heterocycles. The van der Waals surface area contributed by atoms with Gasteiger partial charge in [0.05, 0.1) is 6.61 Å². The summed E-state index contributed by atoms with van der Waals surface area (Å²) in [6.07, 6.45) is 1.20. The van der Waals surface area contributed by atoms with E-state index in [1.54, 1.807) is 0 Å².